The number of ether oxygens (including phenoxy) is 3. The van der Waals surface area contributed by atoms with Gasteiger partial charge in [0, 0.05) is 17.7 Å². The van der Waals surface area contributed by atoms with E-state index in [2.05, 4.69) is 15.6 Å². The number of nitrogens with one attached hydrogen (secondary N) is 3. The first-order valence-electron chi connectivity index (χ1n) is 19.2. The van der Waals surface area contributed by atoms with Crippen LogP contribution in [0.15, 0.2) is 42.6 Å². The number of methoxy groups -OCH3 is 1. The number of carbonyl (C=O) groups is 4. The van der Waals surface area contributed by atoms with Gasteiger partial charge in [-0.25, -0.2) is 17.6 Å². The Morgan fingerprint density at radius 3 is 2.45 bits per heavy atom. The van der Waals surface area contributed by atoms with Crippen molar-refractivity contribution in [2.45, 2.75) is 113 Å². The molecule has 1 aromatic carbocycles. The highest BCUT2D eigenvalue weighted by atomic mass is 32.2. The van der Waals surface area contributed by atoms with E-state index in [-0.39, 0.29) is 43.9 Å². The predicted molar refractivity (Wildman–Crippen MR) is 202 cm³/mol. The number of carbonyl (C=O) groups excluding carboxylic acids is 4. The van der Waals surface area contributed by atoms with Gasteiger partial charge in [-0.3, -0.25) is 24.1 Å². The van der Waals surface area contributed by atoms with E-state index in [0.717, 1.165) is 4.90 Å². The molecule has 4 aliphatic rings. The topological polar surface area (TPSA) is 182 Å². The average molecular weight is 840 g/mol. The SMILES string of the molecule is COc1ccc2ncc(O[C@@H]3CC4C(=O)N[C@]5(C(=O)NS(=O)(=O)C6(CF)CC6)C[C@H]5/C=C\CC[C@@H](C)C[C@@H](C)[C@H](NC(=O)OC(C)(C)C(F)(F)F)C(=O)N4C3)cc2c1. The molecule has 318 valence electrons. The Hall–Kier alpha value is -4.68. The van der Waals surface area contributed by atoms with E-state index in [0.29, 0.717) is 49.8 Å². The Balaban J connectivity index is 1.34. The van der Waals surface area contributed by atoms with Crippen molar-refractivity contribution in [3.8, 4) is 11.5 Å². The van der Waals surface area contributed by atoms with Crippen LogP contribution in [0.25, 0.3) is 10.9 Å². The molecule has 0 radical (unpaired) electrons. The van der Waals surface area contributed by atoms with Crippen molar-refractivity contribution >= 4 is 44.7 Å². The summed E-state index contributed by atoms with van der Waals surface area (Å²) in [7, 11) is -2.95. The summed E-state index contributed by atoms with van der Waals surface area (Å²) < 4.78 is 97.9. The molecule has 1 aromatic heterocycles. The fourth-order valence-corrected chi connectivity index (χ4v) is 9.10. The zero-order valence-electron chi connectivity index (χ0n) is 32.9. The minimum atomic E-state index is -4.93. The predicted octanol–water partition coefficient (Wildman–Crippen LogP) is 4.86. The molecule has 14 nitrogen and oxygen atoms in total. The highest BCUT2D eigenvalue weighted by Crippen LogP contribution is 2.48. The standard InChI is InChI=1S/C39H49F4N5O9S/c1-22-8-6-7-9-25-18-38(25,34(51)47-58(53,54)37(21-40)12-13-37)46-32(49)30-17-28(56-27-16-24-15-26(55-5)10-11-29(24)44-19-27)20-48(30)33(50)31(23(2)14-22)45-35(52)57-36(3,4)39(41,42)43/h7,9-11,15-16,19,22-23,25,28,30-31H,6,8,12-14,17-18,20-21H2,1-5H3,(H,45,52)(H,46,49)(H,47,51)/b9-7-/t22-,23-,25-,28-,30?,31+,38-/m1/s1. The molecule has 3 heterocycles. The number of rotatable bonds is 9. The van der Waals surface area contributed by atoms with E-state index < -0.39 is 92.6 Å². The highest BCUT2D eigenvalue weighted by Gasteiger charge is 2.64. The summed E-state index contributed by atoms with van der Waals surface area (Å²) in [5, 5.41) is 5.74. The number of allylic oxidation sites excluding steroid dienone is 1. The number of hydrogen-bond donors (Lipinski definition) is 3. The molecule has 4 amide bonds. The van der Waals surface area contributed by atoms with Crippen LogP contribution in [0, 0.1) is 17.8 Å². The zero-order chi connectivity index (χ0) is 42.4. The van der Waals surface area contributed by atoms with Crippen LogP contribution in [-0.2, 0) is 29.1 Å². The second-order valence-electron chi connectivity index (χ2n) is 16.6. The molecular weight excluding hydrogens is 791 g/mol. The van der Waals surface area contributed by atoms with Gasteiger partial charge in [0.15, 0.2) is 0 Å². The van der Waals surface area contributed by atoms with Crippen molar-refractivity contribution < 1.29 is 59.4 Å². The van der Waals surface area contributed by atoms with Crippen LogP contribution in [0.2, 0.25) is 0 Å². The van der Waals surface area contributed by atoms with Gasteiger partial charge in [-0.1, -0.05) is 26.0 Å². The molecule has 3 fully saturated rings. The number of alkyl carbamates (subject to hydrolysis) is 1. The number of pyridine rings is 1. The first-order valence-corrected chi connectivity index (χ1v) is 20.7. The highest BCUT2D eigenvalue weighted by molar-refractivity contribution is 7.91. The zero-order valence-corrected chi connectivity index (χ0v) is 33.7. The second-order valence-corrected chi connectivity index (χ2v) is 18.7. The number of nitrogens with zero attached hydrogens (tertiary/aromatic N) is 2. The van der Waals surface area contributed by atoms with Crippen LogP contribution in [0.5, 0.6) is 11.5 Å². The summed E-state index contributed by atoms with van der Waals surface area (Å²) in [6.45, 7) is 3.51. The molecule has 1 saturated heterocycles. The molecule has 0 spiro atoms. The normalized spacial score (nSPS) is 29.4. The summed E-state index contributed by atoms with van der Waals surface area (Å²) in [5.41, 5.74) is -4.02. The maximum Gasteiger partial charge on any atom is 0.427 e. The van der Waals surface area contributed by atoms with Gasteiger partial charge in [-0.2, -0.15) is 13.2 Å². The molecule has 2 aliphatic heterocycles. The van der Waals surface area contributed by atoms with E-state index in [1.807, 2.05) is 17.7 Å². The van der Waals surface area contributed by atoms with Crippen LogP contribution < -0.4 is 24.8 Å². The van der Waals surface area contributed by atoms with Crippen LogP contribution >= 0.6 is 0 Å². The van der Waals surface area contributed by atoms with Crippen molar-refractivity contribution in [2.75, 3.05) is 20.3 Å². The van der Waals surface area contributed by atoms with E-state index in [9.17, 15) is 45.2 Å². The second kappa shape index (κ2) is 15.8. The van der Waals surface area contributed by atoms with Crippen molar-refractivity contribution in [3.05, 3.63) is 42.6 Å². The lowest BCUT2D eigenvalue weighted by atomic mass is 9.88. The largest absolute Gasteiger partial charge is 0.497 e. The summed E-state index contributed by atoms with van der Waals surface area (Å²) in [5.74, 6) is -3.21. The molecular formula is C39H49F4N5O9S. The smallest absolute Gasteiger partial charge is 0.427 e. The van der Waals surface area contributed by atoms with Gasteiger partial charge in [-0.15, -0.1) is 0 Å². The minimum absolute atomic E-state index is 0.0175. The Kier molecular flexibility index (Phi) is 11.7. The van der Waals surface area contributed by atoms with Crippen molar-refractivity contribution in [2.24, 2.45) is 17.8 Å². The van der Waals surface area contributed by atoms with Gasteiger partial charge in [0.25, 0.3) is 5.91 Å². The molecule has 0 bridgehead atoms. The number of fused-ring (bicyclic) bond motifs is 3. The maximum absolute atomic E-state index is 14.7. The Morgan fingerprint density at radius 1 is 1.09 bits per heavy atom. The lowest BCUT2D eigenvalue weighted by molar-refractivity contribution is -0.244. The van der Waals surface area contributed by atoms with Gasteiger partial charge in [0.05, 0.1) is 25.4 Å². The first-order chi connectivity index (χ1) is 27.1. The summed E-state index contributed by atoms with van der Waals surface area (Å²) in [6, 6.07) is 4.10. The summed E-state index contributed by atoms with van der Waals surface area (Å²) in [4.78, 5) is 61.6. The maximum atomic E-state index is 14.7. The van der Waals surface area contributed by atoms with Crippen LogP contribution in [0.3, 0.4) is 0 Å². The molecule has 1 unspecified atom stereocenters. The van der Waals surface area contributed by atoms with E-state index in [1.165, 1.54) is 13.3 Å². The van der Waals surface area contributed by atoms with Gasteiger partial charge >= 0.3 is 12.3 Å². The average Bonchev–Trinajstić information content (AvgIpc) is 4.05. The molecule has 19 heteroatoms. The van der Waals surface area contributed by atoms with Crippen LogP contribution in [0.1, 0.15) is 72.6 Å². The third kappa shape index (κ3) is 8.69. The quantitative estimate of drug-likeness (QED) is 0.233. The molecule has 7 atom stereocenters. The minimum Gasteiger partial charge on any atom is -0.497 e. The Morgan fingerprint density at radius 2 is 1.79 bits per heavy atom. The molecule has 58 heavy (non-hydrogen) atoms. The number of amides is 4. The van der Waals surface area contributed by atoms with Gasteiger partial charge in [-0.05, 0) is 88.5 Å². The molecule has 2 aromatic rings. The van der Waals surface area contributed by atoms with Crippen LogP contribution in [0.4, 0.5) is 22.4 Å². The van der Waals surface area contributed by atoms with Crippen molar-refractivity contribution in [3.63, 3.8) is 0 Å². The van der Waals surface area contributed by atoms with E-state index >= 15 is 0 Å². The Bertz CT molecular complexity index is 2080. The number of hydrogen-bond acceptors (Lipinski definition) is 10. The lowest BCUT2D eigenvalue weighted by Gasteiger charge is -2.34. The van der Waals surface area contributed by atoms with Gasteiger partial charge < -0.3 is 29.7 Å². The van der Waals surface area contributed by atoms with Crippen LogP contribution in [-0.4, -0.2) is 103 Å². The summed E-state index contributed by atoms with van der Waals surface area (Å²) in [6.07, 6.45) is -0.947. The molecule has 3 N–H and O–H groups in total. The summed E-state index contributed by atoms with van der Waals surface area (Å²) >= 11 is 0. The molecule has 2 aliphatic carbocycles. The van der Waals surface area contributed by atoms with E-state index in [4.69, 9.17) is 14.2 Å². The lowest BCUT2D eigenvalue weighted by Crippen LogP contribution is -2.60. The monoisotopic (exact) mass is 839 g/mol. The number of halogens is 4. The van der Waals surface area contributed by atoms with E-state index in [1.54, 1.807) is 37.3 Å². The van der Waals surface area contributed by atoms with Gasteiger partial charge in [0.2, 0.25) is 27.4 Å². The fourth-order valence-electron chi connectivity index (χ4n) is 7.67. The third-order valence-corrected chi connectivity index (χ3v) is 13.8. The third-order valence-electron chi connectivity index (χ3n) is 11.7. The fraction of sp³-hybridized carbons (Fsp3) is 0.615. The van der Waals surface area contributed by atoms with Crippen molar-refractivity contribution in [1.82, 2.24) is 25.2 Å². The first kappa shape index (κ1) is 42.9. The number of benzene rings is 1. The van der Waals surface area contributed by atoms with Gasteiger partial charge in [0.1, 0.15) is 46.6 Å². The molecule has 6 rings (SSSR count). The Labute approximate surface area is 333 Å². The number of sulfonamides is 1. The van der Waals surface area contributed by atoms with Crippen molar-refractivity contribution in [1.29, 1.82) is 0 Å². The molecule has 2 saturated carbocycles. The number of alkyl halides is 4. The number of aromatic nitrogens is 1.